The summed E-state index contributed by atoms with van der Waals surface area (Å²) in [5.41, 5.74) is 3.55. The monoisotopic (exact) mass is 286 g/mol. The number of benzene rings is 1. The number of anilines is 1. The minimum atomic E-state index is 0.833. The highest BCUT2D eigenvalue weighted by molar-refractivity contribution is 5.79. The Balaban J connectivity index is 1.54. The summed E-state index contributed by atoms with van der Waals surface area (Å²) in [7, 11) is 0. The Morgan fingerprint density at radius 2 is 1.90 bits per heavy atom. The van der Waals surface area contributed by atoms with Crippen LogP contribution in [0.1, 0.15) is 18.7 Å². The normalized spacial score (nSPS) is 20.5. The average Bonchev–Trinajstić information content (AvgIpc) is 3.16. The van der Waals surface area contributed by atoms with Gasteiger partial charge in [-0.25, -0.2) is 4.98 Å². The van der Waals surface area contributed by atoms with E-state index in [-0.39, 0.29) is 0 Å². The number of H-pyrrole nitrogens is 1. The van der Waals surface area contributed by atoms with Crippen LogP contribution in [-0.4, -0.2) is 54.3 Å². The first-order chi connectivity index (χ1) is 10.4. The summed E-state index contributed by atoms with van der Waals surface area (Å²) in [5, 5.41) is 0. The standard InChI is InChI=1S/C16H22N4O/c1-2-6-20(5-1)13-3-4-14-15(11-13)18-16(17-14)12-19-7-9-21-10-8-19/h3-4,11H,1-2,5-10,12H2,(H,17,18). The summed E-state index contributed by atoms with van der Waals surface area (Å²) in [6, 6.07) is 6.59. The van der Waals surface area contributed by atoms with Crippen molar-refractivity contribution in [1.82, 2.24) is 14.9 Å². The third-order valence-corrected chi connectivity index (χ3v) is 4.46. The lowest BCUT2D eigenvalue weighted by Crippen LogP contribution is -2.35. The van der Waals surface area contributed by atoms with E-state index in [0.717, 1.165) is 49.7 Å². The maximum absolute atomic E-state index is 5.39. The Kier molecular flexibility index (Phi) is 3.53. The molecule has 0 atom stereocenters. The first-order valence-corrected chi connectivity index (χ1v) is 7.92. The lowest BCUT2D eigenvalue weighted by Gasteiger charge is -2.25. The Hall–Kier alpha value is -1.59. The number of ether oxygens (including phenoxy) is 1. The molecule has 112 valence electrons. The van der Waals surface area contributed by atoms with Crippen LogP contribution in [0.5, 0.6) is 0 Å². The number of aromatic amines is 1. The molecule has 1 aromatic heterocycles. The summed E-state index contributed by atoms with van der Waals surface area (Å²) >= 11 is 0. The second kappa shape index (κ2) is 5.66. The molecule has 2 aromatic rings. The first kappa shape index (κ1) is 13.1. The minimum Gasteiger partial charge on any atom is -0.379 e. The van der Waals surface area contributed by atoms with Crippen LogP contribution in [-0.2, 0) is 11.3 Å². The van der Waals surface area contributed by atoms with E-state index in [9.17, 15) is 0 Å². The fraction of sp³-hybridized carbons (Fsp3) is 0.562. The Bertz CT molecular complexity index is 612. The number of fused-ring (bicyclic) bond motifs is 1. The summed E-state index contributed by atoms with van der Waals surface area (Å²) < 4.78 is 5.39. The van der Waals surface area contributed by atoms with Crippen molar-refractivity contribution >= 4 is 16.7 Å². The number of hydrogen-bond donors (Lipinski definition) is 1. The van der Waals surface area contributed by atoms with Gasteiger partial charge in [0, 0.05) is 31.9 Å². The average molecular weight is 286 g/mol. The van der Waals surface area contributed by atoms with E-state index < -0.39 is 0 Å². The van der Waals surface area contributed by atoms with Crippen molar-refractivity contribution in [2.45, 2.75) is 19.4 Å². The number of nitrogens with zero attached hydrogens (tertiary/aromatic N) is 3. The molecule has 5 nitrogen and oxygen atoms in total. The van der Waals surface area contributed by atoms with Crippen molar-refractivity contribution in [2.75, 3.05) is 44.3 Å². The molecule has 21 heavy (non-hydrogen) atoms. The highest BCUT2D eigenvalue weighted by Gasteiger charge is 2.15. The van der Waals surface area contributed by atoms with Gasteiger partial charge in [0.25, 0.3) is 0 Å². The van der Waals surface area contributed by atoms with Gasteiger partial charge in [-0.05, 0) is 31.0 Å². The van der Waals surface area contributed by atoms with Crippen LogP contribution in [0.25, 0.3) is 11.0 Å². The maximum atomic E-state index is 5.39. The van der Waals surface area contributed by atoms with Gasteiger partial charge >= 0.3 is 0 Å². The third kappa shape index (κ3) is 2.76. The van der Waals surface area contributed by atoms with Crippen molar-refractivity contribution in [3.8, 4) is 0 Å². The highest BCUT2D eigenvalue weighted by atomic mass is 16.5. The van der Waals surface area contributed by atoms with Gasteiger partial charge in [0.15, 0.2) is 0 Å². The largest absolute Gasteiger partial charge is 0.379 e. The van der Waals surface area contributed by atoms with E-state index in [1.54, 1.807) is 0 Å². The first-order valence-electron chi connectivity index (χ1n) is 7.92. The van der Waals surface area contributed by atoms with E-state index in [1.807, 2.05) is 0 Å². The molecule has 0 spiro atoms. The molecule has 0 bridgehead atoms. The molecule has 4 rings (SSSR count). The Morgan fingerprint density at radius 3 is 2.71 bits per heavy atom. The van der Waals surface area contributed by atoms with Crippen molar-refractivity contribution in [3.63, 3.8) is 0 Å². The summed E-state index contributed by atoms with van der Waals surface area (Å²) in [4.78, 5) is 13.1. The van der Waals surface area contributed by atoms with Gasteiger partial charge in [-0.2, -0.15) is 0 Å². The van der Waals surface area contributed by atoms with Crippen molar-refractivity contribution in [2.24, 2.45) is 0 Å². The summed E-state index contributed by atoms with van der Waals surface area (Å²) in [6.07, 6.45) is 2.62. The molecule has 2 aliphatic rings. The van der Waals surface area contributed by atoms with Crippen molar-refractivity contribution < 1.29 is 4.74 Å². The molecule has 0 saturated carbocycles. The SMILES string of the molecule is c1cc2nc(CN3CCOCC3)[nH]c2cc1N1CCCC1. The minimum absolute atomic E-state index is 0.833. The van der Waals surface area contributed by atoms with E-state index in [2.05, 4.69) is 33.0 Å². The second-order valence-corrected chi connectivity index (χ2v) is 5.97. The smallest absolute Gasteiger partial charge is 0.121 e. The van der Waals surface area contributed by atoms with Gasteiger partial charge in [-0.3, -0.25) is 4.90 Å². The van der Waals surface area contributed by atoms with E-state index >= 15 is 0 Å². The quantitative estimate of drug-likeness (QED) is 0.937. The molecule has 2 fully saturated rings. The molecule has 3 heterocycles. The molecule has 0 amide bonds. The zero-order valence-corrected chi connectivity index (χ0v) is 12.3. The molecular formula is C16H22N4O. The molecule has 5 heteroatoms. The van der Waals surface area contributed by atoms with Gasteiger partial charge in [-0.15, -0.1) is 0 Å². The lowest BCUT2D eigenvalue weighted by atomic mass is 10.2. The molecule has 0 radical (unpaired) electrons. The van der Waals surface area contributed by atoms with Crippen molar-refractivity contribution in [1.29, 1.82) is 0 Å². The summed E-state index contributed by atoms with van der Waals surface area (Å²) in [6.45, 7) is 6.91. The number of rotatable bonds is 3. The van der Waals surface area contributed by atoms with Crippen LogP contribution in [0, 0.1) is 0 Å². The van der Waals surface area contributed by atoms with Crippen LogP contribution in [0.15, 0.2) is 18.2 Å². The lowest BCUT2D eigenvalue weighted by molar-refractivity contribution is 0.0332. The number of morpholine rings is 1. The molecule has 2 aliphatic heterocycles. The summed E-state index contributed by atoms with van der Waals surface area (Å²) in [5.74, 6) is 1.06. The molecule has 1 N–H and O–H groups in total. The van der Waals surface area contributed by atoms with Gasteiger partial charge in [0.1, 0.15) is 5.82 Å². The van der Waals surface area contributed by atoms with Gasteiger partial charge in [-0.1, -0.05) is 0 Å². The molecule has 1 aromatic carbocycles. The van der Waals surface area contributed by atoms with Gasteiger partial charge in [0.2, 0.25) is 0 Å². The molecule has 0 aliphatic carbocycles. The predicted molar refractivity (Wildman–Crippen MR) is 83.6 cm³/mol. The van der Waals surface area contributed by atoms with Crippen LogP contribution in [0.3, 0.4) is 0 Å². The fourth-order valence-corrected chi connectivity index (χ4v) is 3.27. The van der Waals surface area contributed by atoms with Crippen molar-refractivity contribution in [3.05, 3.63) is 24.0 Å². The second-order valence-electron chi connectivity index (χ2n) is 5.97. The molecule has 0 unspecified atom stereocenters. The maximum Gasteiger partial charge on any atom is 0.121 e. The number of nitrogens with one attached hydrogen (secondary N) is 1. The topological polar surface area (TPSA) is 44.4 Å². The third-order valence-electron chi connectivity index (χ3n) is 4.46. The highest BCUT2D eigenvalue weighted by Crippen LogP contribution is 2.24. The molecule has 2 saturated heterocycles. The predicted octanol–water partition coefficient (Wildman–Crippen LogP) is 2.00. The number of hydrogen-bond acceptors (Lipinski definition) is 4. The Labute approximate surface area is 124 Å². The van der Waals surface area contributed by atoms with E-state index in [4.69, 9.17) is 9.72 Å². The van der Waals surface area contributed by atoms with E-state index in [0.29, 0.717) is 0 Å². The zero-order chi connectivity index (χ0) is 14.1. The molecular weight excluding hydrogens is 264 g/mol. The van der Waals surface area contributed by atoms with Crippen LogP contribution in [0.2, 0.25) is 0 Å². The van der Waals surface area contributed by atoms with Gasteiger partial charge < -0.3 is 14.6 Å². The van der Waals surface area contributed by atoms with Crippen LogP contribution < -0.4 is 4.90 Å². The van der Waals surface area contributed by atoms with E-state index in [1.165, 1.54) is 31.6 Å². The number of aromatic nitrogens is 2. The Morgan fingerprint density at radius 1 is 1.10 bits per heavy atom. The van der Waals surface area contributed by atoms with Gasteiger partial charge in [0.05, 0.1) is 30.8 Å². The number of imidazole rings is 1. The fourth-order valence-electron chi connectivity index (χ4n) is 3.27. The van der Waals surface area contributed by atoms with Crippen LogP contribution >= 0.6 is 0 Å². The van der Waals surface area contributed by atoms with Crippen LogP contribution in [0.4, 0.5) is 5.69 Å². The zero-order valence-electron chi connectivity index (χ0n) is 12.3.